The number of benzene rings is 2. The molecule has 2 aliphatic rings. The molecule has 0 amide bonds. The Morgan fingerprint density at radius 3 is 2.82 bits per heavy atom. The van der Waals surface area contributed by atoms with Gasteiger partial charge in [-0.3, -0.25) is 4.99 Å². The van der Waals surface area contributed by atoms with Crippen molar-refractivity contribution in [2.45, 2.75) is 26.3 Å². The van der Waals surface area contributed by atoms with Crippen LogP contribution in [0.1, 0.15) is 25.8 Å². The zero-order chi connectivity index (χ0) is 15.1. The maximum absolute atomic E-state index is 4.88. The van der Waals surface area contributed by atoms with Gasteiger partial charge in [0.2, 0.25) is 0 Å². The molecule has 2 aliphatic heterocycles. The Bertz CT molecular complexity index is 776. The van der Waals surface area contributed by atoms with E-state index in [-0.39, 0.29) is 0 Å². The van der Waals surface area contributed by atoms with E-state index < -0.39 is 0 Å². The van der Waals surface area contributed by atoms with Gasteiger partial charge in [-0.2, -0.15) is 0 Å². The Hall–Kier alpha value is -1.74. The molecule has 22 heavy (non-hydrogen) atoms. The first-order valence-electron chi connectivity index (χ1n) is 7.92. The Kier molecular flexibility index (Phi) is 3.45. The van der Waals surface area contributed by atoms with Gasteiger partial charge >= 0.3 is 0 Å². The van der Waals surface area contributed by atoms with E-state index in [1.807, 2.05) is 0 Å². The molecule has 0 aliphatic carbocycles. The second-order valence-corrected chi connectivity index (χ2v) is 7.33. The average Bonchev–Trinajstić information content (AvgIpc) is 3.06. The molecule has 0 saturated heterocycles. The summed E-state index contributed by atoms with van der Waals surface area (Å²) in [6.07, 6.45) is 1.17. The van der Waals surface area contributed by atoms with Crippen LogP contribution in [0.25, 0.3) is 16.5 Å². The predicted octanol–water partition coefficient (Wildman–Crippen LogP) is 4.97. The highest BCUT2D eigenvalue weighted by atomic mass is 32.2. The summed E-state index contributed by atoms with van der Waals surface area (Å²) in [5.41, 5.74) is 2.60. The fourth-order valence-electron chi connectivity index (χ4n) is 3.27. The maximum Gasteiger partial charge on any atom is 0.168 e. The number of hydrogen-bond donors (Lipinski definition) is 0. The van der Waals surface area contributed by atoms with E-state index in [2.05, 4.69) is 66.6 Å². The number of rotatable bonds is 3. The van der Waals surface area contributed by atoms with E-state index in [0.717, 1.165) is 6.54 Å². The van der Waals surface area contributed by atoms with Crippen molar-refractivity contribution in [1.82, 2.24) is 4.90 Å². The second kappa shape index (κ2) is 5.47. The summed E-state index contributed by atoms with van der Waals surface area (Å²) in [6, 6.07) is 15.7. The average molecular weight is 308 g/mol. The van der Waals surface area contributed by atoms with Gasteiger partial charge < -0.3 is 4.90 Å². The molecule has 0 aromatic heterocycles. The van der Waals surface area contributed by atoms with Crippen LogP contribution in [0.4, 0.5) is 0 Å². The van der Waals surface area contributed by atoms with E-state index >= 15 is 0 Å². The third-order valence-electron chi connectivity index (χ3n) is 4.27. The lowest BCUT2D eigenvalue weighted by Gasteiger charge is -2.19. The molecule has 0 spiro atoms. The van der Waals surface area contributed by atoms with Crippen molar-refractivity contribution < 1.29 is 0 Å². The van der Waals surface area contributed by atoms with Crippen molar-refractivity contribution in [3.05, 3.63) is 53.4 Å². The number of hydrogen-bond acceptors (Lipinski definition) is 3. The van der Waals surface area contributed by atoms with Crippen molar-refractivity contribution in [2.75, 3.05) is 6.54 Å². The van der Waals surface area contributed by atoms with Crippen molar-refractivity contribution in [3.63, 3.8) is 0 Å². The molecular weight excluding hydrogens is 288 g/mol. The highest BCUT2D eigenvalue weighted by Crippen LogP contribution is 2.38. The zero-order valence-corrected chi connectivity index (χ0v) is 13.8. The molecule has 1 atom stereocenters. The van der Waals surface area contributed by atoms with Crippen LogP contribution in [0.3, 0.4) is 0 Å². The Morgan fingerprint density at radius 1 is 1.18 bits per heavy atom. The lowest BCUT2D eigenvalue weighted by Crippen LogP contribution is -2.23. The monoisotopic (exact) mass is 308 g/mol. The fourth-order valence-corrected chi connectivity index (χ4v) is 4.26. The summed E-state index contributed by atoms with van der Waals surface area (Å²) in [5, 5.41) is 6.02. The smallest absolute Gasteiger partial charge is 0.168 e. The van der Waals surface area contributed by atoms with Gasteiger partial charge in [0.05, 0.1) is 11.7 Å². The first-order valence-corrected chi connectivity index (χ1v) is 8.80. The number of thioether (sulfide) groups is 1. The lowest BCUT2D eigenvalue weighted by molar-refractivity contribution is 0.466. The minimum atomic E-state index is 0.451. The highest BCUT2D eigenvalue weighted by Gasteiger charge is 2.32. The molecule has 0 N–H and O–H groups in total. The number of fused-ring (bicyclic) bond motifs is 2. The predicted molar refractivity (Wildman–Crippen MR) is 96.9 cm³/mol. The number of nitrogens with zero attached hydrogens (tertiary/aromatic N) is 2. The summed E-state index contributed by atoms with van der Waals surface area (Å²) in [5.74, 6) is 0.701. The normalized spacial score (nSPS) is 20.5. The molecule has 0 bridgehead atoms. The minimum Gasteiger partial charge on any atom is -0.318 e. The molecule has 2 heterocycles. The van der Waals surface area contributed by atoms with E-state index in [1.165, 1.54) is 33.6 Å². The summed E-state index contributed by atoms with van der Waals surface area (Å²) in [4.78, 5) is 7.27. The van der Waals surface area contributed by atoms with Crippen LogP contribution in [-0.2, 0) is 0 Å². The topological polar surface area (TPSA) is 15.6 Å². The Morgan fingerprint density at radius 2 is 2.00 bits per heavy atom. The third-order valence-corrected chi connectivity index (χ3v) is 5.15. The molecule has 112 valence electrons. The quantitative estimate of drug-likeness (QED) is 0.795. The first-order chi connectivity index (χ1) is 10.7. The van der Waals surface area contributed by atoms with Crippen LogP contribution in [0.15, 0.2) is 52.9 Å². The molecule has 0 saturated carbocycles. The maximum atomic E-state index is 4.88. The molecule has 2 aromatic carbocycles. The van der Waals surface area contributed by atoms with Gasteiger partial charge in [0.25, 0.3) is 0 Å². The Balaban J connectivity index is 1.62. The molecule has 2 nitrogen and oxygen atoms in total. The van der Waals surface area contributed by atoms with Crippen molar-refractivity contribution >= 4 is 33.4 Å². The zero-order valence-electron chi connectivity index (χ0n) is 13.0. The van der Waals surface area contributed by atoms with Crippen molar-refractivity contribution in [1.29, 1.82) is 0 Å². The van der Waals surface area contributed by atoms with Crippen LogP contribution >= 0.6 is 11.8 Å². The van der Waals surface area contributed by atoms with Gasteiger partial charge in [0.15, 0.2) is 5.17 Å². The van der Waals surface area contributed by atoms with Crippen LogP contribution in [0.2, 0.25) is 0 Å². The van der Waals surface area contributed by atoms with Gasteiger partial charge in [-0.05, 0) is 34.7 Å². The minimum absolute atomic E-state index is 0.451. The third kappa shape index (κ3) is 2.44. The lowest BCUT2D eigenvalue weighted by atomic mass is 10.0. The SMILES string of the molecule is CC(C)C[C@H]1CN2C(c3ccc4ccccc4c3)=CSC2=N1. The standard InChI is InChI=1S/C19H20N2S/c1-13(2)9-17-11-21-18(12-22-19(21)20-17)16-8-7-14-5-3-4-6-15(14)10-16/h3-8,10,12-13,17H,9,11H2,1-2H3/t17-/m0/s1. The van der Waals surface area contributed by atoms with E-state index in [0.29, 0.717) is 12.0 Å². The number of amidine groups is 1. The molecular formula is C19H20N2S. The van der Waals surface area contributed by atoms with Gasteiger partial charge in [-0.1, -0.05) is 62.0 Å². The van der Waals surface area contributed by atoms with E-state index in [4.69, 9.17) is 4.99 Å². The van der Waals surface area contributed by atoms with Crippen LogP contribution in [0.5, 0.6) is 0 Å². The highest BCUT2D eigenvalue weighted by molar-refractivity contribution is 8.16. The van der Waals surface area contributed by atoms with Crippen molar-refractivity contribution in [2.24, 2.45) is 10.9 Å². The summed E-state index contributed by atoms with van der Waals surface area (Å²) in [6.45, 7) is 5.58. The molecule has 4 rings (SSSR count). The first kappa shape index (κ1) is 13.9. The van der Waals surface area contributed by atoms with Gasteiger partial charge in [-0.15, -0.1) is 0 Å². The van der Waals surface area contributed by atoms with Crippen LogP contribution in [-0.4, -0.2) is 22.7 Å². The van der Waals surface area contributed by atoms with E-state index in [9.17, 15) is 0 Å². The molecule has 3 heteroatoms. The van der Waals surface area contributed by atoms with E-state index in [1.54, 1.807) is 11.8 Å². The van der Waals surface area contributed by atoms with Crippen LogP contribution < -0.4 is 0 Å². The summed E-state index contributed by atoms with van der Waals surface area (Å²) in [7, 11) is 0. The fraction of sp³-hybridized carbons (Fsp3) is 0.316. The summed E-state index contributed by atoms with van der Waals surface area (Å²) < 4.78 is 0. The number of aliphatic imine (C=N–C) groups is 1. The van der Waals surface area contributed by atoms with Crippen molar-refractivity contribution in [3.8, 4) is 0 Å². The molecule has 2 aromatic rings. The molecule has 0 unspecified atom stereocenters. The molecule has 0 fully saturated rings. The second-order valence-electron chi connectivity index (χ2n) is 6.49. The van der Waals surface area contributed by atoms with Gasteiger partial charge in [0, 0.05) is 12.0 Å². The van der Waals surface area contributed by atoms with Gasteiger partial charge in [-0.25, -0.2) is 0 Å². The molecule has 0 radical (unpaired) electrons. The largest absolute Gasteiger partial charge is 0.318 e. The summed E-state index contributed by atoms with van der Waals surface area (Å²) >= 11 is 1.77. The van der Waals surface area contributed by atoms with Crippen LogP contribution in [0, 0.1) is 5.92 Å². The Labute approximate surface area is 135 Å². The van der Waals surface area contributed by atoms with Gasteiger partial charge in [0.1, 0.15) is 0 Å².